The highest BCUT2D eigenvalue weighted by atomic mass is 16.6. The van der Waals surface area contributed by atoms with Gasteiger partial charge in [-0.2, -0.15) is 0 Å². The smallest absolute Gasteiger partial charge is 0.325 e. The zero-order chi connectivity index (χ0) is 15.6. The highest BCUT2D eigenvalue weighted by Gasteiger charge is 2.33. The van der Waals surface area contributed by atoms with Crippen molar-refractivity contribution in [1.82, 2.24) is 4.90 Å². The number of carbonyl (C=O) groups is 1. The average molecular weight is 294 g/mol. The highest BCUT2D eigenvalue weighted by Crippen LogP contribution is 2.27. The van der Waals surface area contributed by atoms with Crippen LogP contribution in [0.15, 0.2) is 24.3 Å². The molecule has 1 aliphatic rings. The van der Waals surface area contributed by atoms with Crippen LogP contribution in [0.3, 0.4) is 0 Å². The van der Waals surface area contributed by atoms with Crippen LogP contribution in [0.25, 0.3) is 0 Å². The fraction of sp³-hybridized carbons (Fsp3) is 0.500. The number of benzene rings is 1. The lowest BCUT2D eigenvalue weighted by molar-refractivity contribution is -0.384. The minimum Gasteiger partial charge on any atom is -0.480 e. The minimum absolute atomic E-state index is 0.0747. The predicted molar refractivity (Wildman–Crippen MR) is 75.1 cm³/mol. The summed E-state index contributed by atoms with van der Waals surface area (Å²) < 4.78 is 5.60. The number of hydrogen-bond donors (Lipinski definition) is 1. The van der Waals surface area contributed by atoms with Crippen LogP contribution in [0.1, 0.15) is 25.5 Å². The predicted octanol–water partition coefficient (Wildman–Crippen LogP) is 1.83. The molecule has 0 radical (unpaired) electrons. The number of rotatable bonds is 4. The molecule has 114 valence electrons. The molecule has 2 rings (SSSR count). The Bertz CT molecular complexity index is 538. The Kier molecular flexibility index (Phi) is 4.54. The summed E-state index contributed by atoms with van der Waals surface area (Å²) in [6.07, 6.45) is -0.149. The van der Waals surface area contributed by atoms with Gasteiger partial charge in [0.25, 0.3) is 5.69 Å². The van der Waals surface area contributed by atoms with Crippen LogP contribution in [0.2, 0.25) is 0 Å². The molecule has 7 heteroatoms. The first-order valence-electron chi connectivity index (χ1n) is 6.75. The molecule has 0 aromatic heterocycles. The van der Waals surface area contributed by atoms with Crippen LogP contribution in [0.4, 0.5) is 5.69 Å². The van der Waals surface area contributed by atoms with E-state index in [1.807, 2.05) is 13.8 Å². The fourth-order valence-electron chi connectivity index (χ4n) is 2.75. The molecular formula is C14H18N2O5. The summed E-state index contributed by atoms with van der Waals surface area (Å²) in [7, 11) is 0. The normalized spacial score (nSPS) is 24.5. The number of nitro benzene ring substituents is 1. The highest BCUT2D eigenvalue weighted by molar-refractivity contribution is 5.76. The molecular weight excluding hydrogens is 276 g/mol. The Labute approximate surface area is 122 Å². The van der Waals surface area contributed by atoms with Gasteiger partial charge in [0.1, 0.15) is 6.04 Å². The van der Waals surface area contributed by atoms with Gasteiger partial charge in [-0.1, -0.05) is 12.1 Å². The van der Waals surface area contributed by atoms with Gasteiger partial charge < -0.3 is 9.84 Å². The number of morpholine rings is 1. The van der Waals surface area contributed by atoms with Crippen molar-refractivity contribution in [1.29, 1.82) is 0 Å². The fourth-order valence-corrected chi connectivity index (χ4v) is 2.75. The van der Waals surface area contributed by atoms with Gasteiger partial charge in [0.2, 0.25) is 0 Å². The van der Waals surface area contributed by atoms with Gasteiger partial charge in [0.15, 0.2) is 0 Å². The van der Waals surface area contributed by atoms with E-state index in [9.17, 15) is 20.0 Å². The maximum Gasteiger partial charge on any atom is 0.325 e. The average Bonchev–Trinajstić information content (AvgIpc) is 2.37. The van der Waals surface area contributed by atoms with Crippen molar-refractivity contribution in [3.05, 3.63) is 39.9 Å². The molecule has 1 aliphatic heterocycles. The van der Waals surface area contributed by atoms with Crippen LogP contribution in [0.5, 0.6) is 0 Å². The van der Waals surface area contributed by atoms with E-state index < -0.39 is 16.9 Å². The molecule has 3 unspecified atom stereocenters. The van der Waals surface area contributed by atoms with Crippen LogP contribution in [-0.4, -0.2) is 46.2 Å². The van der Waals surface area contributed by atoms with Crippen molar-refractivity contribution in [2.75, 3.05) is 13.1 Å². The van der Waals surface area contributed by atoms with Crippen LogP contribution in [-0.2, 0) is 9.53 Å². The van der Waals surface area contributed by atoms with E-state index in [4.69, 9.17) is 4.74 Å². The molecule has 1 heterocycles. The van der Waals surface area contributed by atoms with E-state index in [1.165, 1.54) is 18.2 Å². The lowest BCUT2D eigenvalue weighted by Crippen LogP contribution is -2.48. The summed E-state index contributed by atoms with van der Waals surface area (Å²) >= 11 is 0. The van der Waals surface area contributed by atoms with Crippen LogP contribution in [0, 0.1) is 10.1 Å². The Morgan fingerprint density at radius 2 is 2.05 bits per heavy atom. The first-order chi connectivity index (χ1) is 9.88. The zero-order valence-electron chi connectivity index (χ0n) is 11.9. The summed E-state index contributed by atoms with van der Waals surface area (Å²) in [5.74, 6) is -1.02. The molecule has 0 spiro atoms. The lowest BCUT2D eigenvalue weighted by Gasteiger charge is -2.38. The summed E-state index contributed by atoms with van der Waals surface area (Å²) in [6, 6.07) is 4.89. The molecule has 1 fully saturated rings. The van der Waals surface area contributed by atoms with Gasteiger partial charge in [0, 0.05) is 25.2 Å². The second-order valence-corrected chi connectivity index (χ2v) is 5.30. The second kappa shape index (κ2) is 6.19. The number of ether oxygens (including phenoxy) is 1. The summed E-state index contributed by atoms with van der Waals surface area (Å²) in [4.78, 5) is 23.8. The minimum atomic E-state index is -1.02. The quantitative estimate of drug-likeness (QED) is 0.672. The largest absolute Gasteiger partial charge is 0.480 e. The molecule has 1 saturated heterocycles. The standard InChI is InChI=1S/C14H18N2O5/c1-9-7-15(8-10(2)21-9)13(14(17)18)11-4-3-5-12(6-11)16(19)20/h3-6,9-10,13H,7-8H2,1-2H3,(H,17,18). The van der Waals surface area contributed by atoms with Crippen molar-refractivity contribution >= 4 is 11.7 Å². The van der Waals surface area contributed by atoms with Crippen molar-refractivity contribution in [2.24, 2.45) is 0 Å². The van der Waals surface area contributed by atoms with Gasteiger partial charge in [-0.15, -0.1) is 0 Å². The number of non-ortho nitro benzene ring substituents is 1. The number of nitro groups is 1. The van der Waals surface area contributed by atoms with Gasteiger partial charge in [0.05, 0.1) is 17.1 Å². The van der Waals surface area contributed by atoms with E-state index >= 15 is 0 Å². The third kappa shape index (κ3) is 3.56. The van der Waals surface area contributed by atoms with E-state index in [1.54, 1.807) is 11.0 Å². The topological polar surface area (TPSA) is 92.9 Å². The number of carboxylic acids is 1. The molecule has 1 aromatic carbocycles. The van der Waals surface area contributed by atoms with Crippen LogP contribution < -0.4 is 0 Å². The number of hydrogen-bond acceptors (Lipinski definition) is 5. The van der Waals surface area contributed by atoms with Crippen molar-refractivity contribution in [3.8, 4) is 0 Å². The molecule has 1 N–H and O–H groups in total. The number of aliphatic carboxylic acids is 1. The van der Waals surface area contributed by atoms with E-state index in [0.717, 1.165) is 0 Å². The van der Waals surface area contributed by atoms with E-state index in [-0.39, 0.29) is 17.9 Å². The van der Waals surface area contributed by atoms with Gasteiger partial charge in [-0.25, -0.2) is 0 Å². The first-order valence-corrected chi connectivity index (χ1v) is 6.75. The molecule has 0 saturated carbocycles. The maximum absolute atomic E-state index is 11.6. The summed E-state index contributed by atoms with van der Waals surface area (Å²) in [6.45, 7) is 4.72. The van der Waals surface area contributed by atoms with E-state index in [2.05, 4.69) is 0 Å². The van der Waals surface area contributed by atoms with Crippen LogP contribution >= 0.6 is 0 Å². The molecule has 0 bridgehead atoms. The Balaban J connectivity index is 2.32. The Morgan fingerprint density at radius 1 is 1.43 bits per heavy atom. The third-order valence-corrected chi connectivity index (χ3v) is 3.44. The molecule has 0 amide bonds. The maximum atomic E-state index is 11.6. The SMILES string of the molecule is CC1CN(C(C(=O)O)c2cccc([N+](=O)[O-])c2)CC(C)O1. The summed E-state index contributed by atoms with van der Waals surface area (Å²) in [5, 5.41) is 20.4. The van der Waals surface area contributed by atoms with Crippen molar-refractivity contribution < 1.29 is 19.6 Å². The molecule has 21 heavy (non-hydrogen) atoms. The molecule has 1 aromatic rings. The molecule has 3 atom stereocenters. The van der Waals surface area contributed by atoms with Crippen molar-refractivity contribution in [3.63, 3.8) is 0 Å². The first kappa shape index (κ1) is 15.4. The second-order valence-electron chi connectivity index (χ2n) is 5.30. The molecule has 7 nitrogen and oxygen atoms in total. The molecule has 0 aliphatic carbocycles. The monoisotopic (exact) mass is 294 g/mol. The summed E-state index contributed by atoms with van der Waals surface area (Å²) in [5.41, 5.74) is 0.311. The van der Waals surface area contributed by atoms with Crippen molar-refractivity contribution in [2.45, 2.75) is 32.1 Å². The van der Waals surface area contributed by atoms with Gasteiger partial charge in [-0.05, 0) is 19.4 Å². The number of carboxylic acid groups (broad SMARTS) is 1. The van der Waals surface area contributed by atoms with Gasteiger partial charge in [-0.3, -0.25) is 19.8 Å². The third-order valence-electron chi connectivity index (χ3n) is 3.44. The Morgan fingerprint density at radius 3 is 2.57 bits per heavy atom. The van der Waals surface area contributed by atoms with Gasteiger partial charge >= 0.3 is 5.97 Å². The lowest BCUT2D eigenvalue weighted by atomic mass is 10.0. The Hall–Kier alpha value is -1.99. The zero-order valence-corrected chi connectivity index (χ0v) is 11.9. The van der Waals surface area contributed by atoms with E-state index in [0.29, 0.717) is 18.7 Å². The number of nitrogens with zero attached hydrogens (tertiary/aromatic N) is 2.